The number of halogens is 2. The fourth-order valence-corrected chi connectivity index (χ4v) is 3.11. The van der Waals surface area contributed by atoms with Gasteiger partial charge in [-0.1, -0.05) is 68.7 Å². The lowest BCUT2D eigenvalue weighted by molar-refractivity contribution is -0.148. The van der Waals surface area contributed by atoms with Gasteiger partial charge in [-0.15, -0.1) is 0 Å². The third-order valence-electron chi connectivity index (χ3n) is 4.58. The third kappa shape index (κ3) is 5.63. The van der Waals surface area contributed by atoms with E-state index < -0.39 is 30.4 Å². The van der Waals surface area contributed by atoms with Crippen LogP contribution in [0.5, 0.6) is 0 Å². The van der Waals surface area contributed by atoms with Crippen molar-refractivity contribution in [1.82, 2.24) is 4.90 Å². The number of unbranched alkanes of at least 4 members (excludes halogenated alkanes) is 2. The van der Waals surface area contributed by atoms with Crippen molar-refractivity contribution in [3.63, 3.8) is 0 Å². The maximum Gasteiger partial charge on any atom is 0.327 e. The molecule has 1 N–H and O–H groups in total. The SMILES string of the molecule is CCCCC[C@@H](O)/C=C/[C@H]1CC(F)(F)C(=O)N1CCc1ccccc1. The molecule has 3 nitrogen and oxygen atoms in total. The van der Waals surface area contributed by atoms with Crippen molar-refractivity contribution in [1.29, 1.82) is 0 Å². The number of hydrogen-bond acceptors (Lipinski definition) is 2. The van der Waals surface area contributed by atoms with Crippen LogP contribution in [0.1, 0.15) is 44.6 Å². The van der Waals surface area contributed by atoms with Gasteiger partial charge in [0.2, 0.25) is 0 Å². The molecular weight excluding hydrogens is 324 g/mol. The van der Waals surface area contributed by atoms with Crippen molar-refractivity contribution in [3.05, 3.63) is 48.0 Å². The molecule has 25 heavy (non-hydrogen) atoms. The molecule has 1 fully saturated rings. The molecule has 1 aromatic carbocycles. The maximum atomic E-state index is 13.8. The van der Waals surface area contributed by atoms with E-state index in [0.717, 1.165) is 24.8 Å². The molecular formula is C20H27F2NO2. The molecule has 1 heterocycles. The molecule has 5 heteroatoms. The summed E-state index contributed by atoms with van der Waals surface area (Å²) in [5, 5.41) is 9.95. The molecule has 0 saturated carbocycles. The number of likely N-dealkylation sites (tertiary alicyclic amines) is 1. The van der Waals surface area contributed by atoms with Gasteiger partial charge in [-0.3, -0.25) is 4.79 Å². The van der Waals surface area contributed by atoms with Gasteiger partial charge in [0.15, 0.2) is 0 Å². The Bertz CT molecular complexity index is 574. The van der Waals surface area contributed by atoms with Crippen LogP contribution in [0.2, 0.25) is 0 Å². The summed E-state index contributed by atoms with van der Waals surface area (Å²) in [7, 11) is 0. The van der Waals surface area contributed by atoms with Crippen LogP contribution < -0.4 is 0 Å². The summed E-state index contributed by atoms with van der Waals surface area (Å²) in [4.78, 5) is 13.2. The van der Waals surface area contributed by atoms with Crippen LogP contribution in [-0.2, 0) is 11.2 Å². The van der Waals surface area contributed by atoms with Crippen molar-refractivity contribution < 1.29 is 18.7 Å². The van der Waals surface area contributed by atoms with Crippen molar-refractivity contribution in [3.8, 4) is 0 Å². The summed E-state index contributed by atoms with van der Waals surface area (Å²) in [6.07, 6.45) is 6.12. The summed E-state index contributed by atoms with van der Waals surface area (Å²) in [5.41, 5.74) is 1.01. The fourth-order valence-electron chi connectivity index (χ4n) is 3.11. The van der Waals surface area contributed by atoms with E-state index in [-0.39, 0.29) is 6.54 Å². The number of hydrogen-bond donors (Lipinski definition) is 1. The zero-order chi connectivity index (χ0) is 18.3. The second-order valence-electron chi connectivity index (χ2n) is 6.66. The number of aliphatic hydroxyl groups is 1. The number of alkyl halides is 2. The van der Waals surface area contributed by atoms with E-state index in [2.05, 4.69) is 6.92 Å². The van der Waals surface area contributed by atoms with E-state index in [1.807, 2.05) is 30.3 Å². The fraction of sp³-hybridized carbons (Fsp3) is 0.550. The maximum absolute atomic E-state index is 13.8. The van der Waals surface area contributed by atoms with Crippen LogP contribution in [0.3, 0.4) is 0 Å². The van der Waals surface area contributed by atoms with Crippen molar-refractivity contribution in [2.45, 2.75) is 63.5 Å². The molecule has 0 unspecified atom stereocenters. The molecule has 138 valence electrons. The Morgan fingerprint density at radius 1 is 1.32 bits per heavy atom. The second kappa shape index (κ2) is 9.09. The lowest BCUT2D eigenvalue weighted by atomic mass is 10.1. The van der Waals surface area contributed by atoms with Gasteiger partial charge in [0.05, 0.1) is 12.1 Å². The van der Waals surface area contributed by atoms with E-state index >= 15 is 0 Å². The van der Waals surface area contributed by atoms with Gasteiger partial charge in [-0.25, -0.2) is 0 Å². The number of benzene rings is 1. The highest BCUT2D eigenvalue weighted by Gasteiger charge is 2.52. The minimum Gasteiger partial charge on any atom is -0.389 e. The van der Waals surface area contributed by atoms with Crippen LogP contribution in [0, 0.1) is 0 Å². The van der Waals surface area contributed by atoms with Crippen molar-refractivity contribution in [2.75, 3.05) is 6.54 Å². The highest BCUT2D eigenvalue weighted by atomic mass is 19.3. The number of carbonyl (C=O) groups is 1. The van der Waals surface area contributed by atoms with Gasteiger partial charge in [0.1, 0.15) is 0 Å². The Morgan fingerprint density at radius 2 is 2.04 bits per heavy atom. The van der Waals surface area contributed by atoms with Crippen molar-refractivity contribution >= 4 is 5.91 Å². The monoisotopic (exact) mass is 351 g/mol. The Kier molecular flexibility index (Phi) is 7.12. The first kappa shape index (κ1) is 19.6. The third-order valence-corrected chi connectivity index (χ3v) is 4.58. The van der Waals surface area contributed by atoms with Gasteiger partial charge in [0, 0.05) is 13.0 Å². The summed E-state index contributed by atoms with van der Waals surface area (Å²) >= 11 is 0. The first-order valence-electron chi connectivity index (χ1n) is 9.03. The van der Waals surface area contributed by atoms with Gasteiger partial charge in [0.25, 0.3) is 5.91 Å². The summed E-state index contributed by atoms with van der Waals surface area (Å²) in [5.74, 6) is -4.43. The topological polar surface area (TPSA) is 40.5 Å². The minimum atomic E-state index is -3.32. The molecule has 2 atom stereocenters. The van der Waals surface area contributed by atoms with E-state index in [1.54, 1.807) is 12.2 Å². The van der Waals surface area contributed by atoms with E-state index in [1.165, 1.54) is 4.90 Å². The average molecular weight is 351 g/mol. The molecule has 1 amide bonds. The van der Waals surface area contributed by atoms with Gasteiger partial charge < -0.3 is 10.0 Å². The summed E-state index contributed by atoms with van der Waals surface area (Å²) in [6.45, 7) is 2.33. The Labute approximate surface area is 148 Å². The number of nitrogens with zero attached hydrogens (tertiary/aromatic N) is 1. The van der Waals surface area contributed by atoms with Gasteiger partial charge in [-0.05, 0) is 18.4 Å². The molecule has 0 spiro atoms. The molecule has 1 aromatic rings. The smallest absolute Gasteiger partial charge is 0.327 e. The molecule has 0 aliphatic carbocycles. The van der Waals surface area contributed by atoms with E-state index in [4.69, 9.17) is 0 Å². The largest absolute Gasteiger partial charge is 0.389 e. The minimum absolute atomic E-state index is 0.249. The normalized spacial score (nSPS) is 21.2. The van der Waals surface area contributed by atoms with Crippen molar-refractivity contribution in [2.24, 2.45) is 0 Å². The highest BCUT2D eigenvalue weighted by molar-refractivity contribution is 5.86. The molecule has 0 aromatic heterocycles. The molecule has 0 radical (unpaired) electrons. The van der Waals surface area contributed by atoms with Gasteiger partial charge in [-0.2, -0.15) is 8.78 Å². The molecule has 2 rings (SSSR count). The van der Waals surface area contributed by atoms with Crippen LogP contribution in [0.25, 0.3) is 0 Å². The zero-order valence-electron chi connectivity index (χ0n) is 14.7. The van der Waals surface area contributed by atoms with Crippen LogP contribution in [-0.4, -0.2) is 40.5 Å². The molecule has 1 aliphatic rings. The Hall–Kier alpha value is -1.75. The van der Waals surface area contributed by atoms with Crippen LogP contribution in [0.15, 0.2) is 42.5 Å². The first-order valence-corrected chi connectivity index (χ1v) is 9.03. The van der Waals surface area contributed by atoms with Gasteiger partial charge >= 0.3 is 5.92 Å². The number of rotatable bonds is 9. The van der Waals surface area contributed by atoms with Crippen LogP contribution >= 0.6 is 0 Å². The highest BCUT2D eigenvalue weighted by Crippen LogP contribution is 2.34. The second-order valence-corrected chi connectivity index (χ2v) is 6.66. The molecule has 0 bridgehead atoms. The quantitative estimate of drug-likeness (QED) is 0.540. The zero-order valence-corrected chi connectivity index (χ0v) is 14.7. The number of carbonyl (C=O) groups excluding carboxylic acids is 1. The van der Waals surface area contributed by atoms with E-state index in [9.17, 15) is 18.7 Å². The lowest BCUT2D eigenvalue weighted by Crippen LogP contribution is -2.37. The Balaban J connectivity index is 1.97. The standard InChI is InChI=1S/C20H27F2NO2/c1-2-3-5-10-18(24)12-11-17-15-20(21,22)19(25)23(17)14-13-16-8-6-4-7-9-16/h4,6-9,11-12,17-18,24H,2-3,5,10,13-15H2,1H3/b12-11+/t17-,18+/m0/s1. The summed E-state index contributed by atoms with van der Waals surface area (Å²) in [6, 6.07) is 8.85. The predicted octanol–water partition coefficient (Wildman–Crippen LogP) is 3.96. The molecule has 1 saturated heterocycles. The molecule has 1 aliphatic heterocycles. The average Bonchev–Trinajstić information content (AvgIpc) is 2.81. The summed E-state index contributed by atoms with van der Waals surface area (Å²) < 4.78 is 27.7. The number of aliphatic hydroxyl groups excluding tert-OH is 1. The predicted molar refractivity (Wildman–Crippen MR) is 94.5 cm³/mol. The van der Waals surface area contributed by atoms with Crippen LogP contribution in [0.4, 0.5) is 8.78 Å². The van der Waals surface area contributed by atoms with E-state index in [0.29, 0.717) is 12.8 Å². The first-order chi connectivity index (χ1) is 11.9. The Morgan fingerprint density at radius 3 is 2.72 bits per heavy atom. The number of amides is 1. The lowest BCUT2D eigenvalue weighted by Gasteiger charge is -2.22.